The van der Waals surface area contributed by atoms with E-state index >= 15 is 0 Å². The number of sulfonamides is 1. The SMILES string of the molecule is O=C(C[NH2+]C1CCCCCCC1)N1CCN(S(=O)(=O)c2cccc(F)c2)CC1. The highest BCUT2D eigenvalue weighted by Crippen LogP contribution is 2.18. The summed E-state index contributed by atoms with van der Waals surface area (Å²) < 4.78 is 40.0. The Morgan fingerprint density at radius 1 is 1.04 bits per heavy atom. The lowest BCUT2D eigenvalue weighted by atomic mass is 9.97. The van der Waals surface area contributed by atoms with E-state index in [-0.39, 0.29) is 23.9 Å². The average molecular weight is 413 g/mol. The summed E-state index contributed by atoms with van der Waals surface area (Å²) in [5.74, 6) is -0.496. The van der Waals surface area contributed by atoms with E-state index < -0.39 is 15.8 Å². The van der Waals surface area contributed by atoms with Crippen LogP contribution in [0.3, 0.4) is 0 Å². The first kappa shape index (κ1) is 21.2. The number of carbonyl (C=O) groups excluding carboxylic acids is 1. The molecule has 1 aromatic carbocycles. The van der Waals surface area contributed by atoms with E-state index in [0.29, 0.717) is 25.7 Å². The molecule has 6 nitrogen and oxygen atoms in total. The minimum atomic E-state index is -3.72. The highest BCUT2D eigenvalue weighted by atomic mass is 32.2. The van der Waals surface area contributed by atoms with Crippen LogP contribution in [0.4, 0.5) is 4.39 Å². The number of quaternary nitrogens is 1. The second kappa shape index (κ2) is 9.80. The quantitative estimate of drug-likeness (QED) is 0.793. The van der Waals surface area contributed by atoms with Gasteiger partial charge in [0.2, 0.25) is 10.0 Å². The van der Waals surface area contributed by atoms with Crippen molar-refractivity contribution in [2.75, 3.05) is 32.7 Å². The molecule has 28 heavy (non-hydrogen) atoms. The standard InChI is InChI=1S/C20H30FN3O3S/c21-17-7-6-10-19(15-17)28(26,27)24-13-11-23(12-14-24)20(25)16-22-18-8-4-2-1-3-5-9-18/h6-7,10,15,18,22H,1-5,8-9,11-14,16H2/p+1. The number of benzene rings is 1. The monoisotopic (exact) mass is 412 g/mol. The van der Waals surface area contributed by atoms with Gasteiger partial charge in [-0.25, -0.2) is 12.8 Å². The number of piperazine rings is 1. The van der Waals surface area contributed by atoms with Crippen LogP contribution in [0.1, 0.15) is 44.9 Å². The van der Waals surface area contributed by atoms with E-state index in [1.165, 1.54) is 67.5 Å². The molecule has 1 amide bonds. The Bertz CT molecular complexity index is 756. The zero-order chi connectivity index (χ0) is 20.0. The van der Waals surface area contributed by atoms with Crippen molar-refractivity contribution >= 4 is 15.9 Å². The van der Waals surface area contributed by atoms with Gasteiger partial charge in [0.05, 0.1) is 10.9 Å². The van der Waals surface area contributed by atoms with E-state index in [9.17, 15) is 17.6 Å². The topological polar surface area (TPSA) is 74.3 Å². The van der Waals surface area contributed by atoms with Crippen LogP contribution < -0.4 is 5.32 Å². The van der Waals surface area contributed by atoms with Gasteiger partial charge in [-0.3, -0.25) is 4.79 Å². The number of rotatable bonds is 5. The molecule has 0 atom stereocenters. The molecule has 1 aliphatic heterocycles. The smallest absolute Gasteiger partial charge is 0.277 e. The van der Waals surface area contributed by atoms with Crippen LogP contribution >= 0.6 is 0 Å². The lowest BCUT2D eigenvalue weighted by Crippen LogP contribution is -2.92. The highest BCUT2D eigenvalue weighted by Gasteiger charge is 2.31. The number of nitrogens with two attached hydrogens (primary N) is 1. The largest absolute Gasteiger partial charge is 0.336 e. The number of carbonyl (C=O) groups is 1. The van der Waals surface area contributed by atoms with E-state index in [4.69, 9.17) is 0 Å². The van der Waals surface area contributed by atoms with Crippen LogP contribution in [0, 0.1) is 5.82 Å². The Hall–Kier alpha value is -1.51. The molecular formula is C20H31FN3O3S+. The van der Waals surface area contributed by atoms with Crippen LogP contribution in [0.15, 0.2) is 29.2 Å². The molecule has 2 fully saturated rings. The fraction of sp³-hybridized carbons (Fsp3) is 0.650. The van der Waals surface area contributed by atoms with Crippen LogP contribution in [-0.4, -0.2) is 62.3 Å². The maximum Gasteiger partial charge on any atom is 0.277 e. The third-order valence-corrected chi connectivity index (χ3v) is 7.70. The molecule has 156 valence electrons. The lowest BCUT2D eigenvalue weighted by molar-refractivity contribution is -0.681. The maximum atomic E-state index is 13.4. The fourth-order valence-electron chi connectivity index (χ4n) is 4.07. The fourth-order valence-corrected chi connectivity index (χ4v) is 5.53. The molecule has 1 heterocycles. The second-order valence-electron chi connectivity index (χ2n) is 7.79. The molecule has 1 aliphatic carbocycles. The normalized spacial score (nSPS) is 20.5. The van der Waals surface area contributed by atoms with Crippen LogP contribution in [0.5, 0.6) is 0 Å². The van der Waals surface area contributed by atoms with Crippen LogP contribution in [0.2, 0.25) is 0 Å². The van der Waals surface area contributed by atoms with Gasteiger partial charge in [-0.15, -0.1) is 0 Å². The lowest BCUT2D eigenvalue weighted by Gasteiger charge is -2.33. The molecule has 0 unspecified atom stereocenters. The van der Waals surface area contributed by atoms with Crippen molar-refractivity contribution in [1.29, 1.82) is 0 Å². The summed E-state index contributed by atoms with van der Waals surface area (Å²) in [6.45, 7) is 1.68. The van der Waals surface area contributed by atoms with Crippen molar-refractivity contribution in [1.82, 2.24) is 9.21 Å². The summed E-state index contributed by atoms with van der Waals surface area (Å²) in [6, 6.07) is 5.59. The zero-order valence-electron chi connectivity index (χ0n) is 16.4. The molecule has 0 aromatic heterocycles. The first-order chi connectivity index (χ1) is 13.5. The molecule has 1 saturated carbocycles. The van der Waals surface area contributed by atoms with Gasteiger partial charge in [-0.05, 0) is 43.9 Å². The van der Waals surface area contributed by atoms with Crippen molar-refractivity contribution in [3.05, 3.63) is 30.1 Å². The number of nitrogens with zero attached hydrogens (tertiary/aromatic N) is 2. The van der Waals surface area contributed by atoms with Crippen molar-refractivity contribution < 1.29 is 22.9 Å². The van der Waals surface area contributed by atoms with Crippen molar-refractivity contribution in [3.63, 3.8) is 0 Å². The maximum absolute atomic E-state index is 13.4. The summed E-state index contributed by atoms with van der Waals surface area (Å²) in [5, 5.41) is 2.17. The predicted molar refractivity (Wildman–Crippen MR) is 105 cm³/mol. The molecule has 2 N–H and O–H groups in total. The predicted octanol–water partition coefficient (Wildman–Crippen LogP) is 1.33. The van der Waals surface area contributed by atoms with E-state index in [1.54, 1.807) is 4.90 Å². The molecule has 8 heteroatoms. The van der Waals surface area contributed by atoms with Gasteiger partial charge in [0, 0.05) is 26.2 Å². The van der Waals surface area contributed by atoms with Crippen molar-refractivity contribution in [2.45, 2.75) is 55.9 Å². The van der Waals surface area contributed by atoms with Gasteiger partial charge >= 0.3 is 0 Å². The van der Waals surface area contributed by atoms with E-state index in [1.807, 2.05) is 0 Å². The Morgan fingerprint density at radius 3 is 2.32 bits per heavy atom. The molecular weight excluding hydrogens is 381 g/mol. The Kier molecular flexibility index (Phi) is 7.42. The van der Waals surface area contributed by atoms with Gasteiger partial charge in [-0.1, -0.05) is 25.3 Å². The van der Waals surface area contributed by atoms with Gasteiger partial charge in [-0.2, -0.15) is 4.31 Å². The first-order valence-electron chi connectivity index (χ1n) is 10.3. The average Bonchev–Trinajstić information content (AvgIpc) is 2.67. The molecule has 0 bridgehead atoms. The van der Waals surface area contributed by atoms with Gasteiger partial charge in [0.25, 0.3) is 5.91 Å². The molecule has 0 radical (unpaired) electrons. The summed E-state index contributed by atoms with van der Waals surface area (Å²) in [7, 11) is -3.72. The van der Waals surface area contributed by atoms with Crippen LogP contribution in [-0.2, 0) is 14.8 Å². The molecule has 1 aromatic rings. The number of hydrogen-bond acceptors (Lipinski definition) is 3. The summed E-state index contributed by atoms with van der Waals surface area (Å²) in [4.78, 5) is 14.3. The molecule has 3 rings (SSSR count). The third kappa shape index (κ3) is 5.52. The summed E-state index contributed by atoms with van der Waals surface area (Å²) in [6.07, 6.45) is 8.74. The highest BCUT2D eigenvalue weighted by molar-refractivity contribution is 7.89. The zero-order valence-corrected chi connectivity index (χ0v) is 17.2. The minimum Gasteiger partial charge on any atom is -0.336 e. The number of amides is 1. The third-order valence-electron chi connectivity index (χ3n) is 5.80. The second-order valence-corrected chi connectivity index (χ2v) is 9.73. The molecule has 1 saturated heterocycles. The summed E-state index contributed by atoms with van der Waals surface area (Å²) in [5.41, 5.74) is 0. The van der Waals surface area contributed by atoms with Crippen LogP contribution in [0.25, 0.3) is 0 Å². The Morgan fingerprint density at radius 2 is 1.68 bits per heavy atom. The number of halogens is 1. The number of hydrogen-bond donors (Lipinski definition) is 1. The van der Waals surface area contributed by atoms with E-state index in [0.717, 1.165) is 6.07 Å². The van der Waals surface area contributed by atoms with E-state index in [2.05, 4.69) is 5.32 Å². The van der Waals surface area contributed by atoms with Gasteiger partial charge in [0.1, 0.15) is 5.82 Å². The minimum absolute atomic E-state index is 0.0371. The summed E-state index contributed by atoms with van der Waals surface area (Å²) >= 11 is 0. The van der Waals surface area contributed by atoms with Crippen molar-refractivity contribution in [2.24, 2.45) is 0 Å². The van der Waals surface area contributed by atoms with Gasteiger partial charge in [0.15, 0.2) is 6.54 Å². The van der Waals surface area contributed by atoms with Gasteiger partial charge < -0.3 is 10.2 Å². The first-order valence-corrected chi connectivity index (χ1v) is 11.8. The molecule has 0 spiro atoms. The van der Waals surface area contributed by atoms with Crippen molar-refractivity contribution in [3.8, 4) is 0 Å². The Balaban J connectivity index is 1.48. The molecule has 2 aliphatic rings. The Labute approximate surface area is 167 Å².